The number of rotatable bonds is 5. The van der Waals surface area contributed by atoms with Gasteiger partial charge in [0, 0.05) is 17.5 Å². The molecule has 3 aromatic rings. The van der Waals surface area contributed by atoms with E-state index in [0.29, 0.717) is 22.3 Å². The molecule has 0 fully saturated rings. The monoisotopic (exact) mass is 367 g/mol. The van der Waals surface area contributed by atoms with Gasteiger partial charge in [0.1, 0.15) is 11.1 Å². The van der Waals surface area contributed by atoms with Crippen molar-refractivity contribution in [1.29, 1.82) is 0 Å². The summed E-state index contributed by atoms with van der Waals surface area (Å²) in [6, 6.07) is 11.7. The molecule has 0 bridgehead atoms. The van der Waals surface area contributed by atoms with Gasteiger partial charge in [0.2, 0.25) is 0 Å². The smallest absolute Gasteiger partial charge is 0.351 e. The van der Waals surface area contributed by atoms with Gasteiger partial charge in [-0.3, -0.25) is 10.1 Å². The molecule has 27 heavy (non-hydrogen) atoms. The lowest BCUT2D eigenvalue weighted by molar-refractivity contribution is -0.384. The molecule has 9 heteroatoms. The SMILES string of the molecule is CCOC(=O)c1cc2cc(N=Nc3ccc([N+](=O)[O-])cc3)ccc2oc1=O. The predicted octanol–water partition coefficient (Wildman–Crippen LogP) is 4.29. The van der Waals surface area contributed by atoms with Crippen molar-refractivity contribution in [2.45, 2.75) is 6.92 Å². The van der Waals surface area contributed by atoms with Gasteiger partial charge in [-0.25, -0.2) is 9.59 Å². The number of nitro benzene ring substituents is 1. The highest BCUT2D eigenvalue weighted by molar-refractivity contribution is 5.93. The number of non-ortho nitro benzene ring substituents is 1. The zero-order valence-electron chi connectivity index (χ0n) is 14.1. The molecular weight excluding hydrogens is 354 g/mol. The Bertz CT molecular complexity index is 1100. The van der Waals surface area contributed by atoms with E-state index in [1.807, 2.05) is 0 Å². The van der Waals surface area contributed by atoms with Gasteiger partial charge in [0.05, 0.1) is 22.9 Å². The minimum absolute atomic E-state index is 0.0406. The summed E-state index contributed by atoms with van der Waals surface area (Å²) < 4.78 is 9.95. The van der Waals surface area contributed by atoms with Crippen molar-refractivity contribution in [2.75, 3.05) is 6.61 Å². The first-order valence-electron chi connectivity index (χ1n) is 7.89. The second-order valence-corrected chi connectivity index (χ2v) is 5.36. The van der Waals surface area contributed by atoms with Gasteiger partial charge in [-0.2, -0.15) is 10.2 Å². The molecule has 1 aromatic heterocycles. The van der Waals surface area contributed by atoms with Crippen molar-refractivity contribution in [3.63, 3.8) is 0 Å². The standard InChI is InChI=1S/C18H13N3O6/c1-2-26-17(22)15-10-11-9-13(5-8-16(11)27-18(15)23)20-19-12-3-6-14(7-4-12)21(24)25/h3-10H,2H2,1H3. The molecular formula is C18H13N3O6. The highest BCUT2D eigenvalue weighted by Crippen LogP contribution is 2.24. The fraction of sp³-hybridized carbons (Fsp3) is 0.111. The number of ether oxygens (including phenoxy) is 1. The minimum atomic E-state index is -0.777. The molecule has 0 spiro atoms. The van der Waals surface area contributed by atoms with Crippen molar-refractivity contribution < 1.29 is 18.9 Å². The number of hydrogen-bond donors (Lipinski definition) is 0. The van der Waals surface area contributed by atoms with Crippen LogP contribution in [0.5, 0.6) is 0 Å². The van der Waals surface area contributed by atoms with Crippen molar-refractivity contribution in [1.82, 2.24) is 0 Å². The second kappa shape index (κ2) is 7.56. The van der Waals surface area contributed by atoms with E-state index in [-0.39, 0.29) is 17.9 Å². The summed E-state index contributed by atoms with van der Waals surface area (Å²) >= 11 is 0. The average Bonchev–Trinajstić information content (AvgIpc) is 2.66. The van der Waals surface area contributed by atoms with Gasteiger partial charge in [-0.15, -0.1) is 0 Å². The molecule has 9 nitrogen and oxygen atoms in total. The van der Waals surface area contributed by atoms with Gasteiger partial charge in [0.15, 0.2) is 0 Å². The first kappa shape index (κ1) is 17.9. The molecule has 2 aromatic carbocycles. The number of esters is 1. The Morgan fingerprint density at radius 1 is 1.11 bits per heavy atom. The maximum atomic E-state index is 11.9. The Hall–Kier alpha value is -3.88. The van der Waals surface area contributed by atoms with Crippen LogP contribution >= 0.6 is 0 Å². The molecule has 0 aliphatic carbocycles. The Kier molecular flexibility index (Phi) is 5.02. The van der Waals surface area contributed by atoms with E-state index in [4.69, 9.17) is 9.15 Å². The van der Waals surface area contributed by atoms with Gasteiger partial charge in [-0.05, 0) is 43.3 Å². The van der Waals surface area contributed by atoms with Crippen LogP contribution in [0.2, 0.25) is 0 Å². The summed E-state index contributed by atoms with van der Waals surface area (Å²) in [5.74, 6) is -0.758. The Morgan fingerprint density at radius 3 is 2.44 bits per heavy atom. The number of hydrogen-bond acceptors (Lipinski definition) is 8. The molecule has 1 heterocycles. The maximum Gasteiger partial charge on any atom is 0.351 e. The number of carbonyl (C=O) groups is 1. The molecule has 0 aliphatic heterocycles. The van der Waals surface area contributed by atoms with Crippen LogP contribution in [-0.4, -0.2) is 17.5 Å². The number of fused-ring (bicyclic) bond motifs is 1. The number of nitrogens with zero attached hydrogens (tertiary/aromatic N) is 3. The van der Waals surface area contributed by atoms with E-state index in [0.717, 1.165) is 0 Å². The topological polar surface area (TPSA) is 124 Å². The highest BCUT2D eigenvalue weighted by atomic mass is 16.6. The lowest BCUT2D eigenvalue weighted by atomic mass is 10.1. The summed E-state index contributed by atoms with van der Waals surface area (Å²) in [5, 5.41) is 19.2. The third-order valence-electron chi connectivity index (χ3n) is 3.55. The van der Waals surface area contributed by atoms with Crippen LogP contribution in [0.1, 0.15) is 17.3 Å². The molecule has 0 saturated carbocycles. The van der Waals surface area contributed by atoms with Gasteiger partial charge >= 0.3 is 11.6 Å². The van der Waals surface area contributed by atoms with Crippen LogP contribution in [-0.2, 0) is 4.74 Å². The molecule has 0 unspecified atom stereocenters. The second-order valence-electron chi connectivity index (χ2n) is 5.36. The zero-order valence-corrected chi connectivity index (χ0v) is 14.1. The lowest BCUT2D eigenvalue weighted by Crippen LogP contribution is -2.16. The third-order valence-corrected chi connectivity index (χ3v) is 3.55. The van der Waals surface area contributed by atoms with E-state index in [2.05, 4.69) is 10.2 Å². The first-order chi connectivity index (χ1) is 13.0. The molecule has 0 saturated heterocycles. The fourth-order valence-electron chi connectivity index (χ4n) is 2.28. The zero-order chi connectivity index (χ0) is 19.4. The van der Waals surface area contributed by atoms with E-state index >= 15 is 0 Å². The Balaban J connectivity index is 1.91. The summed E-state index contributed by atoms with van der Waals surface area (Å²) in [6.07, 6.45) is 0. The number of nitro groups is 1. The van der Waals surface area contributed by atoms with Crippen LogP contribution in [0.4, 0.5) is 17.1 Å². The molecule has 0 amide bonds. The summed E-state index contributed by atoms with van der Waals surface area (Å²) in [5.41, 5.74) is 0.163. The summed E-state index contributed by atoms with van der Waals surface area (Å²) in [7, 11) is 0. The molecule has 0 N–H and O–H groups in total. The van der Waals surface area contributed by atoms with E-state index in [9.17, 15) is 19.7 Å². The minimum Gasteiger partial charge on any atom is -0.462 e. The van der Waals surface area contributed by atoms with Crippen LogP contribution in [0.25, 0.3) is 11.0 Å². The van der Waals surface area contributed by atoms with Crippen molar-refractivity contribution in [3.8, 4) is 0 Å². The first-order valence-corrected chi connectivity index (χ1v) is 7.89. The summed E-state index contributed by atoms with van der Waals surface area (Å²) in [4.78, 5) is 33.8. The van der Waals surface area contributed by atoms with Crippen molar-refractivity contribution >= 4 is 34.0 Å². The van der Waals surface area contributed by atoms with Crippen molar-refractivity contribution in [3.05, 3.63) is 74.6 Å². The van der Waals surface area contributed by atoms with E-state index in [1.165, 1.54) is 36.4 Å². The number of benzene rings is 2. The predicted molar refractivity (Wildman–Crippen MR) is 95.7 cm³/mol. The fourth-order valence-corrected chi connectivity index (χ4v) is 2.28. The van der Waals surface area contributed by atoms with Gasteiger partial charge in [0.25, 0.3) is 5.69 Å². The summed E-state index contributed by atoms with van der Waals surface area (Å²) in [6.45, 7) is 1.77. The van der Waals surface area contributed by atoms with E-state index in [1.54, 1.807) is 19.1 Å². The van der Waals surface area contributed by atoms with Crippen LogP contribution in [0, 0.1) is 10.1 Å². The Labute approximate surface area is 152 Å². The third kappa shape index (κ3) is 4.03. The maximum absolute atomic E-state index is 11.9. The lowest BCUT2D eigenvalue weighted by Gasteiger charge is -2.02. The van der Waals surface area contributed by atoms with Crippen LogP contribution in [0.3, 0.4) is 0 Å². The van der Waals surface area contributed by atoms with Gasteiger partial charge < -0.3 is 9.15 Å². The number of azo groups is 1. The number of carbonyl (C=O) groups excluding carboxylic acids is 1. The van der Waals surface area contributed by atoms with E-state index < -0.39 is 16.5 Å². The highest BCUT2D eigenvalue weighted by Gasteiger charge is 2.14. The molecule has 3 rings (SSSR count). The van der Waals surface area contributed by atoms with Gasteiger partial charge in [-0.1, -0.05) is 0 Å². The molecule has 0 radical (unpaired) electrons. The largest absolute Gasteiger partial charge is 0.462 e. The van der Waals surface area contributed by atoms with Crippen LogP contribution in [0.15, 0.2) is 68.0 Å². The van der Waals surface area contributed by atoms with Crippen LogP contribution < -0.4 is 5.63 Å². The normalized spacial score (nSPS) is 11.0. The molecule has 136 valence electrons. The average molecular weight is 367 g/mol. The van der Waals surface area contributed by atoms with Crippen molar-refractivity contribution in [2.24, 2.45) is 10.2 Å². The Morgan fingerprint density at radius 2 is 1.78 bits per heavy atom. The quantitative estimate of drug-likeness (QED) is 0.218. The molecule has 0 aliphatic rings. The molecule has 0 atom stereocenters.